The second-order valence-corrected chi connectivity index (χ2v) is 8.13. The number of hydrogen-bond acceptors (Lipinski definition) is 4. The van der Waals surface area contributed by atoms with Crippen LogP contribution in [0.2, 0.25) is 0 Å². The number of rotatable bonds is 4. The van der Waals surface area contributed by atoms with Gasteiger partial charge in [-0.25, -0.2) is 0 Å². The number of likely N-dealkylation sites (tertiary alicyclic amines) is 1. The molecular weight excluding hydrogens is 288 g/mol. The van der Waals surface area contributed by atoms with E-state index in [1.165, 1.54) is 19.4 Å². The summed E-state index contributed by atoms with van der Waals surface area (Å²) in [6.45, 7) is 14.9. The Bertz CT molecular complexity index is 403. The van der Waals surface area contributed by atoms with Crippen LogP contribution in [0.5, 0.6) is 0 Å². The monoisotopic (exact) mass is 322 g/mol. The number of carbonyl (C=O) groups excluding carboxylic acids is 1. The van der Waals surface area contributed by atoms with Crippen LogP contribution in [0.15, 0.2) is 0 Å². The van der Waals surface area contributed by atoms with Crippen molar-refractivity contribution in [2.24, 2.45) is 5.41 Å². The number of nitrogens with zero attached hydrogens (tertiary/aromatic N) is 3. The molecular formula is C18H34N4O. The molecule has 3 fully saturated rings. The summed E-state index contributed by atoms with van der Waals surface area (Å²) in [5.41, 5.74) is -0.164. The van der Waals surface area contributed by atoms with Crippen molar-refractivity contribution in [1.29, 1.82) is 0 Å². The zero-order chi connectivity index (χ0) is 16.4. The van der Waals surface area contributed by atoms with E-state index in [0.29, 0.717) is 5.91 Å². The Labute approximate surface area is 141 Å². The number of hydrogen-bond donors (Lipinski definition) is 1. The van der Waals surface area contributed by atoms with Gasteiger partial charge in [-0.05, 0) is 46.6 Å². The van der Waals surface area contributed by atoms with Gasteiger partial charge in [-0.2, -0.15) is 0 Å². The van der Waals surface area contributed by atoms with E-state index < -0.39 is 0 Å². The van der Waals surface area contributed by atoms with Crippen LogP contribution in [0.3, 0.4) is 0 Å². The lowest BCUT2D eigenvalue weighted by molar-refractivity contribution is -0.142. The van der Waals surface area contributed by atoms with Crippen molar-refractivity contribution >= 4 is 5.91 Å². The number of amides is 1. The summed E-state index contributed by atoms with van der Waals surface area (Å²) >= 11 is 0. The molecule has 3 heterocycles. The molecule has 0 spiro atoms. The van der Waals surface area contributed by atoms with E-state index in [2.05, 4.69) is 40.8 Å². The van der Waals surface area contributed by atoms with Crippen LogP contribution in [-0.2, 0) is 4.79 Å². The van der Waals surface area contributed by atoms with Crippen molar-refractivity contribution in [2.45, 2.75) is 52.1 Å². The molecule has 0 aromatic rings. The molecule has 0 saturated carbocycles. The van der Waals surface area contributed by atoms with Gasteiger partial charge in [0.15, 0.2) is 0 Å². The van der Waals surface area contributed by atoms with Crippen molar-refractivity contribution in [2.75, 3.05) is 52.4 Å². The van der Waals surface area contributed by atoms with Crippen LogP contribution in [0.25, 0.3) is 0 Å². The van der Waals surface area contributed by atoms with Gasteiger partial charge in [-0.3, -0.25) is 14.6 Å². The van der Waals surface area contributed by atoms with E-state index in [1.807, 2.05) is 0 Å². The summed E-state index contributed by atoms with van der Waals surface area (Å²) in [6.07, 6.45) is 3.67. The highest BCUT2D eigenvalue weighted by atomic mass is 16.2. The maximum absolute atomic E-state index is 12.7. The van der Waals surface area contributed by atoms with Gasteiger partial charge in [0.1, 0.15) is 0 Å². The average Bonchev–Trinajstić information content (AvgIpc) is 3.13. The minimum atomic E-state index is -0.164. The quantitative estimate of drug-likeness (QED) is 0.838. The van der Waals surface area contributed by atoms with Crippen LogP contribution < -0.4 is 5.32 Å². The highest BCUT2D eigenvalue weighted by Gasteiger charge is 2.40. The van der Waals surface area contributed by atoms with Gasteiger partial charge in [-0.1, -0.05) is 0 Å². The minimum absolute atomic E-state index is 0.164. The molecule has 5 heteroatoms. The normalized spacial score (nSPS) is 36.7. The van der Waals surface area contributed by atoms with Crippen LogP contribution >= 0.6 is 0 Å². The Hall–Kier alpha value is -0.650. The Morgan fingerprint density at radius 2 is 1.74 bits per heavy atom. The molecule has 0 bridgehead atoms. The molecule has 0 unspecified atom stereocenters. The average molecular weight is 322 g/mol. The summed E-state index contributed by atoms with van der Waals surface area (Å²) in [5.74, 6) is 0.365. The summed E-state index contributed by atoms with van der Waals surface area (Å²) < 4.78 is 0. The van der Waals surface area contributed by atoms with Gasteiger partial charge < -0.3 is 10.2 Å². The first-order chi connectivity index (χ1) is 11.0. The molecule has 5 nitrogen and oxygen atoms in total. The van der Waals surface area contributed by atoms with Gasteiger partial charge >= 0.3 is 0 Å². The number of piperazine rings is 1. The van der Waals surface area contributed by atoms with Gasteiger partial charge in [0, 0.05) is 57.9 Å². The molecule has 3 aliphatic heterocycles. The summed E-state index contributed by atoms with van der Waals surface area (Å²) in [7, 11) is 0. The smallest absolute Gasteiger partial charge is 0.229 e. The lowest BCUT2D eigenvalue weighted by Gasteiger charge is -2.39. The van der Waals surface area contributed by atoms with Crippen LogP contribution in [-0.4, -0.2) is 85.0 Å². The zero-order valence-electron chi connectivity index (χ0n) is 15.2. The molecule has 132 valence electrons. The molecule has 3 rings (SSSR count). The van der Waals surface area contributed by atoms with Crippen molar-refractivity contribution in [1.82, 2.24) is 20.0 Å². The molecule has 1 amide bonds. The Kier molecular flexibility index (Phi) is 5.29. The van der Waals surface area contributed by atoms with E-state index >= 15 is 0 Å². The maximum Gasteiger partial charge on any atom is 0.229 e. The van der Waals surface area contributed by atoms with Crippen molar-refractivity contribution in [3.05, 3.63) is 0 Å². The van der Waals surface area contributed by atoms with Gasteiger partial charge in [0.05, 0.1) is 5.41 Å². The second kappa shape index (κ2) is 7.08. The number of carbonyl (C=O) groups is 1. The molecule has 0 aromatic heterocycles. The Morgan fingerprint density at radius 3 is 2.30 bits per heavy atom. The van der Waals surface area contributed by atoms with Crippen molar-refractivity contribution in [3.63, 3.8) is 0 Å². The highest BCUT2D eigenvalue weighted by Crippen LogP contribution is 2.28. The topological polar surface area (TPSA) is 38.8 Å². The highest BCUT2D eigenvalue weighted by molar-refractivity contribution is 5.83. The standard InChI is InChI=1S/C18H34N4O/c1-15-4-5-16(2)22(15)13-10-20-8-11-21(12-9-20)17(23)18(3)6-7-19-14-18/h15-16,19H,4-14H2,1-3H3/t15-,16-,18-/m1/s1. The number of nitrogens with one attached hydrogen (secondary N) is 1. The lowest BCUT2D eigenvalue weighted by Crippen LogP contribution is -2.54. The first kappa shape index (κ1) is 17.2. The van der Waals surface area contributed by atoms with Crippen LogP contribution in [0, 0.1) is 5.41 Å². The molecule has 3 atom stereocenters. The zero-order valence-corrected chi connectivity index (χ0v) is 15.2. The predicted molar refractivity (Wildman–Crippen MR) is 93.5 cm³/mol. The molecule has 0 aliphatic carbocycles. The van der Waals surface area contributed by atoms with Gasteiger partial charge in [-0.15, -0.1) is 0 Å². The third kappa shape index (κ3) is 3.72. The summed E-state index contributed by atoms with van der Waals surface area (Å²) in [4.78, 5) is 20.0. The van der Waals surface area contributed by atoms with Crippen molar-refractivity contribution in [3.8, 4) is 0 Å². The predicted octanol–water partition coefficient (Wildman–Crippen LogP) is 1.00. The van der Waals surface area contributed by atoms with E-state index in [9.17, 15) is 4.79 Å². The maximum atomic E-state index is 12.7. The fraction of sp³-hybridized carbons (Fsp3) is 0.944. The Balaban J connectivity index is 1.42. The van der Waals surface area contributed by atoms with E-state index in [0.717, 1.165) is 64.3 Å². The first-order valence-corrected chi connectivity index (χ1v) is 9.48. The van der Waals surface area contributed by atoms with Crippen LogP contribution in [0.1, 0.15) is 40.0 Å². The molecule has 3 saturated heterocycles. The molecule has 1 N–H and O–H groups in total. The fourth-order valence-corrected chi connectivity index (χ4v) is 4.50. The fourth-order valence-electron chi connectivity index (χ4n) is 4.50. The first-order valence-electron chi connectivity index (χ1n) is 9.48. The lowest BCUT2D eigenvalue weighted by atomic mass is 9.88. The van der Waals surface area contributed by atoms with Crippen molar-refractivity contribution < 1.29 is 4.79 Å². The summed E-state index contributed by atoms with van der Waals surface area (Å²) in [6, 6.07) is 1.48. The third-order valence-corrected chi connectivity index (χ3v) is 6.35. The van der Waals surface area contributed by atoms with Gasteiger partial charge in [0.2, 0.25) is 5.91 Å². The molecule has 0 aromatic carbocycles. The molecule has 0 radical (unpaired) electrons. The van der Waals surface area contributed by atoms with E-state index in [4.69, 9.17) is 0 Å². The van der Waals surface area contributed by atoms with Gasteiger partial charge in [0.25, 0.3) is 0 Å². The van der Waals surface area contributed by atoms with E-state index in [1.54, 1.807) is 0 Å². The SMILES string of the molecule is C[C@@H]1CC[C@@H](C)N1CCN1CCN(C(=O)[C@]2(C)CCNC2)CC1. The Morgan fingerprint density at radius 1 is 1.09 bits per heavy atom. The summed E-state index contributed by atoms with van der Waals surface area (Å²) in [5, 5.41) is 3.34. The van der Waals surface area contributed by atoms with E-state index in [-0.39, 0.29) is 5.41 Å². The third-order valence-electron chi connectivity index (χ3n) is 6.35. The second-order valence-electron chi connectivity index (χ2n) is 8.13. The largest absolute Gasteiger partial charge is 0.340 e. The molecule has 23 heavy (non-hydrogen) atoms. The minimum Gasteiger partial charge on any atom is -0.340 e. The van der Waals surface area contributed by atoms with Crippen LogP contribution in [0.4, 0.5) is 0 Å². The molecule has 3 aliphatic rings.